The fraction of sp³-hybridized carbons (Fsp3) is 0.391. The summed E-state index contributed by atoms with van der Waals surface area (Å²) in [5, 5.41) is 0. The van der Waals surface area contributed by atoms with Crippen molar-refractivity contribution in [3.05, 3.63) is 65.2 Å². The van der Waals surface area contributed by atoms with Gasteiger partial charge in [0.2, 0.25) is 0 Å². The standard InChI is InChI=1S/C23H30N2O2/c1-5-14-24(15-6-2)22(26)19-11-9-12-20(17-19)23(27)25(7-3)21-13-8-10-18(4)16-21/h8-13,16-17H,5-7,14-15H2,1-4H3. The molecule has 0 saturated heterocycles. The Morgan fingerprint density at radius 3 is 1.96 bits per heavy atom. The highest BCUT2D eigenvalue weighted by atomic mass is 16.2. The monoisotopic (exact) mass is 366 g/mol. The Morgan fingerprint density at radius 2 is 1.41 bits per heavy atom. The molecular weight excluding hydrogens is 336 g/mol. The van der Waals surface area contributed by atoms with Crippen LogP contribution in [0, 0.1) is 6.92 Å². The molecule has 2 aromatic rings. The van der Waals surface area contributed by atoms with Gasteiger partial charge >= 0.3 is 0 Å². The summed E-state index contributed by atoms with van der Waals surface area (Å²) in [5.74, 6) is -0.0952. The third-order valence-electron chi connectivity index (χ3n) is 4.51. The van der Waals surface area contributed by atoms with Crippen LogP contribution in [0.1, 0.15) is 59.9 Å². The SMILES string of the molecule is CCCN(CCC)C(=O)c1cccc(C(=O)N(CC)c2cccc(C)c2)c1. The van der Waals surface area contributed by atoms with Crippen molar-refractivity contribution in [1.29, 1.82) is 0 Å². The molecule has 2 aromatic carbocycles. The van der Waals surface area contributed by atoms with Crippen LogP contribution in [0.5, 0.6) is 0 Å². The quantitative estimate of drug-likeness (QED) is 0.665. The van der Waals surface area contributed by atoms with Crippen molar-refractivity contribution in [2.24, 2.45) is 0 Å². The van der Waals surface area contributed by atoms with Crippen molar-refractivity contribution < 1.29 is 9.59 Å². The van der Waals surface area contributed by atoms with Crippen LogP contribution in [-0.2, 0) is 0 Å². The summed E-state index contributed by atoms with van der Waals surface area (Å²) in [6.45, 7) is 10.1. The molecule has 0 N–H and O–H groups in total. The van der Waals surface area contributed by atoms with Crippen molar-refractivity contribution in [3.63, 3.8) is 0 Å². The topological polar surface area (TPSA) is 40.6 Å². The molecule has 0 aliphatic carbocycles. The third kappa shape index (κ3) is 5.19. The van der Waals surface area contributed by atoms with Gasteiger partial charge in [-0.05, 0) is 62.6 Å². The summed E-state index contributed by atoms with van der Waals surface area (Å²) in [6.07, 6.45) is 1.84. The maximum atomic E-state index is 13.1. The van der Waals surface area contributed by atoms with Crippen LogP contribution in [0.2, 0.25) is 0 Å². The zero-order valence-corrected chi connectivity index (χ0v) is 16.9. The van der Waals surface area contributed by atoms with E-state index in [4.69, 9.17) is 0 Å². The third-order valence-corrected chi connectivity index (χ3v) is 4.51. The van der Waals surface area contributed by atoms with E-state index in [2.05, 4.69) is 13.8 Å². The summed E-state index contributed by atoms with van der Waals surface area (Å²) in [5.41, 5.74) is 3.09. The Morgan fingerprint density at radius 1 is 0.815 bits per heavy atom. The summed E-state index contributed by atoms with van der Waals surface area (Å²) in [6, 6.07) is 15.0. The van der Waals surface area contributed by atoms with Gasteiger partial charge in [0.25, 0.3) is 11.8 Å². The van der Waals surface area contributed by atoms with Crippen LogP contribution in [0.4, 0.5) is 5.69 Å². The molecule has 0 bridgehead atoms. The fourth-order valence-corrected chi connectivity index (χ4v) is 3.22. The van der Waals surface area contributed by atoms with Gasteiger partial charge in [0.15, 0.2) is 0 Å². The van der Waals surface area contributed by atoms with Gasteiger partial charge in [0.1, 0.15) is 0 Å². The smallest absolute Gasteiger partial charge is 0.258 e. The van der Waals surface area contributed by atoms with Crippen molar-refractivity contribution in [2.75, 3.05) is 24.5 Å². The molecule has 2 rings (SSSR count). The lowest BCUT2D eigenvalue weighted by molar-refractivity contribution is 0.0755. The number of carbonyl (C=O) groups is 2. The van der Waals surface area contributed by atoms with Crippen LogP contribution >= 0.6 is 0 Å². The molecular formula is C23H30N2O2. The van der Waals surface area contributed by atoms with Crippen LogP contribution in [0.15, 0.2) is 48.5 Å². The molecule has 4 nitrogen and oxygen atoms in total. The highest BCUT2D eigenvalue weighted by molar-refractivity contribution is 6.07. The van der Waals surface area contributed by atoms with E-state index >= 15 is 0 Å². The average molecular weight is 367 g/mol. The first-order valence-corrected chi connectivity index (χ1v) is 9.79. The molecule has 0 unspecified atom stereocenters. The maximum absolute atomic E-state index is 13.1. The molecule has 0 radical (unpaired) electrons. The molecule has 0 atom stereocenters. The van der Waals surface area contributed by atoms with E-state index < -0.39 is 0 Å². The molecule has 0 fully saturated rings. The Bertz CT molecular complexity index is 779. The van der Waals surface area contributed by atoms with E-state index in [1.165, 1.54) is 0 Å². The Labute approximate surface area is 162 Å². The largest absolute Gasteiger partial charge is 0.339 e. The van der Waals surface area contributed by atoms with E-state index in [1.807, 2.05) is 43.0 Å². The van der Waals surface area contributed by atoms with Crippen LogP contribution in [-0.4, -0.2) is 36.3 Å². The normalized spacial score (nSPS) is 10.5. The van der Waals surface area contributed by atoms with Crippen LogP contribution in [0.3, 0.4) is 0 Å². The lowest BCUT2D eigenvalue weighted by atomic mass is 10.1. The minimum Gasteiger partial charge on any atom is -0.339 e. The molecule has 144 valence electrons. The molecule has 4 heteroatoms. The second kappa shape index (κ2) is 9.91. The summed E-state index contributed by atoms with van der Waals surface area (Å²) >= 11 is 0. The van der Waals surface area contributed by atoms with Gasteiger partial charge in [0.05, 0.1) is 0 Å². The molecule has 0 spiro atoms. The van der Waals surface area contributed by atoms with Crippen molar-refractivity contribution >= 4 is 17.5 Å². The molecule has 0 heterocycles. The number of anilines is 1. The number of nitrogens with zero attached hydrogens (tertiary/aromatic N) is 2. The molecule has 0 aliphatic rings. The van der Waals surface area contributed by atoms with Crippen molar-refractivity contribution in [3.8, 4) is 0 Å². The predicted octanol–water partition coefficient (Wildman–Crippen LogP) is 4.92. The van der Waals surface area contributed by atoms with Gasteiger partial charge in [-0.1, -0.05) is 32.0 Å². The van der Waals surface area contributed by atoms with Gasteiger partial charge < -0.3 is 9.80 Å². The molecule has 2 amide bonds. The number of amides is 2. The average Bonchev–Trinajstić information content (AvgIpc) is 2.68. The number of benzene rings is 2. The highest BCUT2D eigenvalue weighted by Crippen LogP contribution is 2.19. The zero-order valence-electron chi connectivity index (χ0n) is 16.9. The van der Waals surface area contributed by atoms with E-state index in [-0.39, 0.29) is 11.8 Å². The van der Waals surface area contributed by atoms with E-state index in [0.717, 1.165) is 37.2 Å². The Hall–Kier alpha value is -2.62. The number of carbonyl (C=O) groups excluding carboxylic acids is 2. The summed E-state index contributed by atoms with van der Waals surface area (Å²) < 4.78 is 0. The fourth-order valence-electron chi connectivity index (χ4n) is 3.22. The number of rotatable bonds is 8. The van der Waals surface area contributed by atoms with Gasteiger partial charge in [0, 0.05) is 36.4 Å². The van der Waals surface area contributed by atoms with Gasteiger partial charge in [-0.3, -0.25) is 9.59 Å². The number of aryl methyl sites for hydroxylation is 1. The second-order valence-electron chi connectivity index (χ2n) is 6.76. The minimum atomic E-state index is -0.0877. The Balaban J connectivity index is 2.29. The first-order chi connectivity index (χ1) is 13.0. The second-order valence-corrected chi connectivity index (χ2v) is 6.76. The maximum Gasteiger partial charge on any atom is 0.258 e. The lowest BCUT2D eigenvalue weighted by Crippen LogP contribution is -2.33. The minimum absolute atomic E-state index is 0.00745. The lowest BCUT2D eigenvalue weighted by Gasteiger charge is -2.23. The Kier molecular flexibility index (Phi) is 7.59. The van der Waals surface area contributed by atoms with Gasteiger partial charge in [-0.2, -0.15) is 0 Å². The summed E-state index contributed by atoms with van der Waals surface area (Å²) in [7, 11) is 0. The zero-order chi connectivity index (χ0) is 19.8. The van der Waals surface area contributed by atoms with Crippen LogP contribution < -0.4 is 4.90 Å². The first kappa shape index (κ1) is 20.7. The number of hydrogen-bond acceptors (Lipinski definition) is 2. The van der Waals surface area contributed by atoms with Gasteiger partial charge in [-0.15, -0.1) is 0 Å². The molecule has 0 saturated carbocycles. The predicted molar refractivity (Wildman–Crippen MR) is 111 cm³/mol. The first-order valence-electron chi connectivity index (χ1n) is 9.79. The molecule has 0 aliphatic heterocycles. The van der Waals surface area contributed by atoms with Gasteiger partial charge in [-0.25, -0.2) is 0 Å². The van der Waals surface area contributed by atoms with E-state index in [1.54, 1.807) is 29.2 Å². The highest BCUT2D eigenvalue weighted by Gasteiger charge is 2.19. The summed E-state index contributed by atoms with van der Waals surface area (Å²) in [4.78, 5) is 29.5. The number of hydrogen-bond donors (Lipinski definition) is 0. The van der Waals surface area contributed by atoms with E-state index in [0.29, 0.717) is 17.7 Å². The van der Waals surface area contributed by atoms with Crippen LogP contribution in [0.25, 0.3) is 0 Å². The van der Waals surface area contributed by atoms with E-state index in [9.17, 15) is 9.59 Å². The van der Waals surface area contributed by atoms with Crippen molar-refractivity contribution in [2.45, 2.75) is 40.5 Å². The molecule has 0 aromatic heterocycles. The van der Waals surface area contributed by atoms with Crippen molar-refractivity contribution in [1.82, 2.24) is 4.90 Å². The molecule has 27 heavy (non-hydrogen) atoms.